The van der Waals surface area contributed by atoms with Crippen molar-refractivity contribution < 1.29 is 14.2 Å². The molecule has 1 aromatic carbocycles. The summed E-state index contributed by atoms with van der Waals surface area (Å²) in [5.41, 5.74) is 1.21. The molecule has 0 aromatic heterocycles. The van der Waals surface area contributed by atoms with Crippen molar-refractivity contribution in [2.24, 2.45) is 5.41 Å². The highest BCUT2D eigenvalue weighted by Crippen LogP contribution is 2.38. The first kappa shape index (κ1) is 21.0. The predicted octanol–water partition coefficient (Wildman–Crippen LogP) is 2.70. The van der Waals surface area contributed by atoms with Crippen molar-refractivity contribution in [1.29, 1.82) is 10.5 Å². The van der Waals surface area contributed by atoms with Gasteiger partial charge in [-0.05, 0) is 23.1 Å². The van der Waals surface area contributed by atoms with Crippen LogP contribution in [-0.4, -0.2) is 27.9 Å². The summed E-state index contributed by atoms with van der Waals surface area (Å²) in [5, 5.41) is 24.7. The number of allylic oxidation sites excluding steroid dienone is 2. The summed E-state index contributed by atoms with van der Waals surface area (Å²) in [6, 6.07) is 7.65. The van der Waals surface area contributed by atoms with Crippen LogP contribution in [0.1, 0.15) is 26.3 Å². The Bertz CT molecular complexity index is 712. The first-order valence-corrected chi connectivity index (χ1v) is 8.10. The van der Waals surface area contributed by atoms with E-state index in [-0.39, 0.29) is 16.8 Å². The highest BCUT2D eigenvalue weighted by atomic mass is 16.5. The standard InChI is InChI=1S/C19H26N4O3/c1-19(2,3)12-23-15(10-21)14(9-20)22-11-13-7-16(24-4)18(26-6)17(8-13)25-5/h7-8,22-23H,11-12H2,1-6H3/b15-14-. The molecule has 140 valence electrons. The molecule has 0 saturated carbocycles. The highest BCUT2D eigenvalue weighted by molar-refractivity contribution is 5.54. The fourth-order valence-electron chi connectivity index (χ4n) is 2.15. The molecule has 2 N–H and O–H groups in total. The third kappa shape index (κ3) is 5.78. The zero-order chi connectivity index (χ0) is 19.7. The van der Waals surface area contributed by atoms with E-state index in [4.69, 9.17) is 14.2 Å². The van der Waals surface area contributed by atoms with Crippen LogP contribution in [0.15, 0.2) is 23.5 Å². The first-order valence-electron chi connectivity index (χ1n) is 8.10. The van der Waals surface area contributed by atoms with Crippen LogP contribution < -0.4 is 24.8 Å². The van der Waals surface area contributed by atoms with E-state index < -0.39 is 0 Å². The van der Waals surface area contributed by atoms with Gasteiger partial charge in [0.15, 0.2) is 11.5 Å². The van der Waals surface area contributed by atoms with Gasteiger partial charge in [-0.1, -0.05) is 20.8 Å². The Labute approximate surface area is 155 Å². The summed E-state index contributed by atoms with van der Waals surface area (Å²) in [6.07, 6.45) is 0. The van der Waals surface area contributed by atoms with Gasteiger partial charge in [0.1, 0.15) is 23.5 Å². The average molecular weight is 358 g/mol. The molecule has 0 aliphatic rings. The maximum atomic E-state index is 9.39. The van der Waals surface area contributed by atoms with Crippen molar-refractivity contribution in [2.75, 3.05) is 27.9 Å². The minimum atomic E-state index is -0.0145. The zero-order valence-electron chi connectivity index (χ0n) is 16.2. The van der Waals surface area contributed by atoms with Gasteiger partial charge >= 0.3 is 0 Å². The topological polar surface area (TPSA) is 99.3 Å². The molecule has 0 fully saturated rings. The number of rotatable bonds is 8. The monoisotopic (exact) mass is 358 g/mol. The predicted molar refractivity (Wildman–Crippen MR) is 98.6 cm³/mol. The molecule has 0 radical (unpaired) electrons. The molecule has 26 heavy (non-hydrogen) atoms. The lowest BCUT2D eigenvalue weighted by Gasteiger charge is -2.19. The Morgan fingerprint density at radius 3 is 1.81 bits per heavy atom. The minimum Gasteiger partial charge on any atom is -0.493 e. The van der Waals surface area contributed by atoms with E-state index >= 15 is 0 Å². The number of hydrogen-bond donors (Lipinski definition) is 2. The Morgan fingerprint density at radius 1 is 0.923 bits per heavy atom. The minimum absolute atomic E-state index is 0.0145. The number of benzene rings is 1. The van der Waals surface area contributed by atoms with Gasteiger partial charge in [-0.3, -0.25) is 0 Å². The summed E-state index contributed by atoms with van der Waals surface area (Å²) in [5.74, 6) is 1.55. The molecule has 7 heteroatoms. The van der Waals surface area contributed by atoms with Gasteiger partial charge in [0, 0.05) is 13.1 Å². The summed E-state index contributed by atoms with van der Waals surface area (Å²) in [4.78, 5) is 0. The van der Waals surface area contributed by atoms with Crippen LogP contribution in [0, 0.1) is 28.1 Å². The zero-order valence-corrected chi connectivity index (χ0v) is 16.2. The molecule has 0 heterocycles. The van der Waals surface area contributed by atoms with E-state index in [9.17, 15) is 10.5 Å². The second-order valence-corrected chi connectivity index (χ2v) is 6.77. The van der Waals surface area contributed by atoms with Crippen LogP contribution in [0.2, 0.25) is 0 Å². The molecule has 0 aliphatic heterocycles. The van der Waals surface area contributed by atoms with Gasteiger partial charge in [0.25, 0.3) is 0 Å². The van der Waals surface area contributed by atoms with Gasteiger partial charge in [-0.15, -0.1) is 0 Å². The maximum absolute atomic E-state index is 9.39. The van der Waals surface area contributed by atoms with Crippen LogP contribution in [0.4, 0.5) is 0 Å². The van der Waals surface area contributed by atoms with E-state index in [0.717, 1.165) is 5.56 Å². The van der Waals surface area contributed by atoms with Crippen LogP contribution in [-0.2, 0) is 6.54 Å². The van der Waals surface area contributed by atoms with Crippen molar-refractivity contribution in [2.45, 2.75) is 27.3 Å². The maximum Gasteiger partial charge on any atom is 0.203 e. The fraction of sp³-hybridized carbons (Fsp3) is 0.474. The van der Waals surface area contributed by atoms with Gasteiger partial charge in [0.05, 0.1) is 21.3 Å². The second kappa shape index (κ2) is 9.43. The number of nitriles is 2. The largest absolute Gasteiger partial charge is 0.493 e. The molecule has 0 bridgehead atoms. The summed E-state index contributed by atoms with van der Waals surface area (Å²) in [7, 11) is 4.62. The number of nitrogens with zero attached hydrogens (tertiary/aromatic N) is 2. The number of hydrogen-bond acceptors (Lipinski definition) is 7. The van der Waals surface area contributed by atoms with E-state index in [1.54, 1.807) is 26.4 Å². The number of ether oxygens (including phenoxy) is 3. The lowest BCUT2D eigenvalue weighted by Crippen LogP contribution is -2.28. The lowest BCUT2D eigenvalue weighted by molar-refractivity contribution is 0.323. The summed E-state index contributed by atoms with van der Waals surface area (Å²) < 4.78 is 15.9. The third-order valence-corrected chi connectivity index (χ3v) is 3.46. The molecule has 0 saturated heterocycles. The normalized spacial score (nSPS) is 11.5. The summed E-state index contributed by atoms with van der Waals surface area (Å²) >= 11 is 0. The quantitative estimate of drug-likeness (QED) is 0.689. The molecule has 0 unspecified atom stereocenters. The van der Waals surface area contributed by atoms with Gasteiger partial charge in [0.2, 0.25) is 5.75 Å². The van der Waals surface area contributed by atoms with Gasteiger partial charge in [-0.2, -0.15) is 10.5 Å². The molecule has 0 amide bonds. The Morgan fingerprint density at radius 2 is 1.42 bits per heavy atom. The van der Waals surface area contributed by atoms with Crippen molar-refractivity contribution in [3.05, 3.63) is 29.1 Å². The van der Waals surface area contributed by atoms with Crippen LogP contribution in [0.3, 0.4) is 0 Å². The fourth-order valence-corrected chi connectivity index (χ4v) is 2.15. The smallest absolute Gasteiger partial charge is 0.203 e. The van der Waals surface area contributed by atoms with Crippen LogP contribution >= 0.6 is 0 Å². The molecule has 0 atom stereocenters. The molecular weight excluding hydrogens is 332 g/mol. The Kier molecular flexibility index (Phi) is 7.61. The van der Waals surface area contributed by atoms with Crippen LogP contribution in [0.5, 0.6) is 17.2 Å². The molecule has 1 aromatic rings. The molecule has 7 nitrogen and oxygen atoms in total. The third-order valence-electron chi connectivity index (χ3n) is 3.46. The number of nitrogens with one attached hydrogen (secondary N) is 2. The second-order valence-electron chi connectivity index (χ2n) is 6.77. The molecular formula is C19H26N4O3. The van der Waals surface area contributed by atoms with Gasteiger partial charge < -0.3 is 24.8 Å². The molecule has 0 aliphatic carbocycles. The first-order chi connectivity index (χ1) is 12.3. The lowest BCUT2D eigenvalue weighted by atomic mass is 9.97. The molecule has 0 spiro atoms. The van der Waals surface area contributed by atoms with Crippen molar-refractivity contribution in [3.63, 3.8) is 0 Å². The SMILES string of the molecule is COc1cc(CN/C(C#N)=C(/C#N)NCC(C)(C)C)cc(OC)c1OC. The van der Waals surface area contributed by atoms with Crippen molar-refractivity contribution in [3.8, 4) is 29.4 Å². The molecule has 1 rings (SSSR count). The Balaban J connectivity index is 3.03. The van der Waals surface area contributed by atoms with E-state index in [0.29, 0.717) is 30.3 Å². The van der Waals surface area contributed by atoms with Crippen molar-refractivity contribution >= 4 is 0 Å². The van der Waals surface area contributed by atoms with E-state index in [1.165, 1.54) is 7.11 Å². The highest BCUT2D eigenvalue weighted by Gasteiger charge is 2.15. The van der Waals surface area contributed by atoms with Crippen molar-refractivity contribution in [1.82, 2.24) is 10.6 Å². The average Bonchev–Trinajstić information content (AvgIpc) is 2.62. The van der Waals surface area contributed by atoms with Gasteiger partial charge in [-0.25, -0.2) is 0 Å². The van der Waals surface area contributed by atoms with E-state index in [1.807, 2.05) is 32.9 Å². The van der Waals surface area contributed by atoms with E-state index in [2.05, 4.69) is 10.6 Å². The Hall–Kier alpha value is -3.06. The summed E-state index contributed by atoms with van der Waals surface area (Å²) in [6.45, 7) is 7.04. The number of methoxy groups -OCH3 is 3. The van der Waals surface area contributed by atoms with Crippen LogP contribution in [0.25, 0.3) is 0 Å².